The molecule has 2 heterocycles. The van der Waals surface area contributed by atoms with Crippen LogP contribution in [0.3, 0.4) is 0 Å². The molecular formula is C20H23NO5S. The van der Waals surface area contributed by atoms with Gasteiger partial charge in [-0.1, -0.05) is 12.1 Å². The number of esters is 1. The molecule has 0 bridgehead atoms. The third kappa shape index (κ3) is 3.56. The number of carbonyl (C=O) groups excluding carboxylic acids is 2. The summed E-state index contributed by atoms with van der Waals surface area (Å²) in [5.74, 6) is -0.556. The van der Waals surface area contributed by atoms with Crippen LogP contribution in [0.15, 0.2) is 35.2 Å². The minimum absolute atomic E-state index is 0.0829. The van der Waals surface area contributed by atoms with E-state index in [1.165, 1.54) is 13.4 Å². The van der Waals surface area contributed by atoms with E-state index >= 15 is 0 Å². The molecule has 144 valence electrons. The number of hydrogen-bond acceptors (Lipinski definition) is 5. The summed E-state index contributed by atoms with van der Waals surface area (Å²) in [5.41, 5.74) is 1.45. The van der Waals surface area contributed by atoms with E-state index in [4.69, 9.17) is 9.47 Å². The number of aromatic nitrogens is 1. The number of para-hydroxylation sites is 1. The lowest BCUT2D eigenvalue weighted by Crippen LogP contribution is -2.15. The quantitative estimate of drug-likeness (QED) is 0.561. The van der Waals surface area contributed by atoms with Crippen LogP contribution in [0, 0.1) is 0 Å². The normalized spacial score (nSPS) is 16.9. The number of benzene rings is 1. The zero-order valence-electron chi connectivity index (χ0n) is 15.9. The van der Waals surface area contributed by atoms with Gasteiger partial charge in [0.2, 0.25) is 5.78 Å². The molecule has 0 aliphatic carbocycles. The average molecular weight is 389 g/mol. The largest absolute Gasteiger partial charge is 0.490 e. The van der Waals surface area contributed by atoms with Gasteiger partial charge in [-0.15, -0.1) is 0 Å². The highest BCUT2D eigenvalue weighted by molar-refractivity contribution is 7.84. The fourth-order valence-electron chi connectivity index (χ4n) is 3.45. The summed E-state index contributed by atoms with van der Waals surface area (Å²) in [4.78, 5) is 25.9. The highest BCUT2D eigenvalue weighted by Crippen LogP contribution is 2.36. The van der Waals surface area contributed by atoms with Gasteiger partial charge in [-0.3, -0.25) is 13.8 Å². The molecule has 27 heavy (non-hydrogen) atoms. The summed E-state index contributed by atoms with van der Waals surface area (Å²) in [6, 6.07) is 8.73. The molecule has 0 amide bonds. The molecule has 1 aliphatic heterocycles. The Bertz CT molecular complexity index is 915. The molecule has 0 fully saturated rings. The number of rotatable bonds is 6. The summed E-state index contributed by atoms with van der Waals surface area (Å²) < 4.78 is 24.8. The number of ether oxygens (including phenoxy) is 2. The molecule has 1 aliphatic rings. The zero-order valence-corrected chi connectivity index (χ0v) is 16.7. The van der Waals surface area contributed by atoms with E-state index in [-0.39, 0.29) is 17.9 Å². The Morgan fingerprint density at radius 3 is 2.59 bits per heavy atom. The molecule has 0 saturated heterocycles. The maximum Gasteiger partial charge on any atom is 0.314 e. The van der Waals surface area contributed by atoms with Gasteiger partial charge in [0.25, 0.3) is 0 Å². The highest BCUT2D eigenvalue weighted by atomic mass is 32.2. The van der Waals surface area contributed by atoms with E-state index in [1.54, 1.807) is 28.8 Å². The van der Waals surface area contributed by atoms with Gasteiger partial charge in [-0.2, -0.15) is 0 Å². The number of methoxy groups -OCH3 is 1. The SMILES string of the molecule is COC(=O)C1CCn2c1cc(S(C)=O)c2C(=O)c1ccccc1OC(C)C. The smallest absolute Gasteiger partial charge is 0.314 e. The van der Waals surface area contributed by atoms with Gasteiger partial charge in [0.05, 0.1) is 40.4 Å². The van der Waals surface area contributed by atoms with Crippen molar-refractivity contribution in [2.45, 2.75) is 43.7 Å². The first-order valence-corrected chi connectivity index (χ1v) is 10.4. The van der Waals surface area contributed by atoms with Gasteiger partial charge in [-0.25, -0.2) is 0 Å². The van der Waals surface area contributed by atoms with Crippen LogP contribution < -0.4 is 4.74 Å². The predicted molar refractivity (Wildman–Crippen MR) is 102 cm³/mol. The van der Waals surface area contributed by atoms with E-state index in [1.807, 2.05) is 19.9 Å². The van der Waals surface area contributed by atoms with Gasteiger partial charge < -0.3 is 14.0 Å². The second kappa shape index (κ2) is 7.68. The Hall–Kier alpha value is -2.41. The van der Waals surface area contributed by atoms with E-state index in [9.17, 15) is 13.8 Å². The Kier molecular flexibility index (Phi) is 5.51. The first-order valence-electron chi connectivity index (χ1n) is 8.80. The molecule has 2 atom stereocenters. The average Bonchev–Trinajstić information content (AvgIpc) is 3.19. The second-order valence-corrected chi connectivity index (χ2v) is 8.09. The van der Waals surface area contributed by atoms with Crippen molar-refractivity contribution >= 4 is 22.6 Å². The summed E-state index contributed by atoms with van der Waals surface area (Å²) in [6.07, 6.45) is 2.01. The summed E-state index contributed by atoms with van der Waals surface area (Å²) in [7, 11) is -0.0285. The number of hydrogen-bond donors (Lipinski definition) is 0. The van der Waals surface area contributed by atoms with E-state index < -0.39 is 16.7 Å². The fourth-order valence-corrected chi connectivity index (χ4v) is 4.21. The Morgan fingerprint density at radius 2 is 1.96 bits per heavy atom. The molecule has 7 heteroatoms. The molecule has 0 N–H and O–H groups in total. The molecule has 0 radical (unpaired) electrons. The maximum absolute atomic E-state index is 13.4. The third-order valence-corrected chi connectivity index (χ3v) is 5.53. The van der Waals surface area contributed by atoms with Crippen LogP contribution >= 0.6 is 0 Å². The van der Waals surface area contributed by atoms with Gasteiger partial charge >= 0.3 is 5.97 Å². The molecule has 1 aromatic heterocycles. The van der Waals surface area contributed by atoms with Crippen molar-refractivity contribution < 1.29 is 23.3 Å². The van der Waals surface area contributed by atoms with Crippen LogP contribution in [0.2, 0.25) is 0 Å². The van der Waals surface area contributed by atoms with E-state index in [0.29, 0.717) is 40.6 Å². The lowest BCUT2D eigenvalue weighted by Gasteiger charge is -2.14. The zero-order chi connectivity index (χ0) is 19.7. The van der Waals surface area contributed by atoms with Gasteiger partial charge in [0.1, 0.15) is 11.4 Å². The lowest BCUT2D eigenvalue weighted by atomic mass is 10.0. The number of fused-ring (bicyclic) bond motifs is 1. The van der Waals surface area contributed by atoms with Crippen molar-refractivity contribution in [3.05, 3.63) is 47.3 Å². The minimum atomic E-state index is -1.37. The number of nitrogens with zero attached hydrogens (tertiary/aromatic N) is 1. The van der Waals surface area contributed by atoms with Crippen molar-refractivity contribution in [3.63, 3.8) is 0 Å². The summed E-state index contributed by atoms with van der Waals surface area (Å²) in [5, 5.41) is 0. The van der Waals surface area contributed by atoms with E-state index in [0.717, 1.165) is 0 Å². The molecule has 3 rings (SSSR count). The van der Waals surface area contributed by atoms with Gasteiger partial charge in [0.15, 0.2) is 0 Å². The van der Waals surface area contributed by atoms with Crippen molar-refractivity contribution in [3.8, 4) is 5.75 Å². The molecule has 6 nitrogen and oxygen atoms in total. The standard InChI is InChI=1S/C20H23NO5S/c1-12(2)26-16-8-6-5-7-14(16)19(22)18-17(27(4)24)11-15-13(20(23)25-3)9-10-21(15)18/h5-8,11-13H,9-10H2,1-4H3. The second-order valence-electron chi connectivity index (χ2n) is 6.74. The van der Waals surface area contributed by atoms with Gasteiger partial charge in [0, 0.05) is 18.5 Å². The number of ketones is 1. The Morgan fingerprint density at radius 1 is 1.26 bits per heavy atom. The van der Waals surface area contributed by atoms with Gasteiger partial charge in [-0.05, 0) is 38.5 Å². The van der Waals surface area contributed by atoms with Crippen LogP contribution in [0.1, 0.15) is 47.9 Å². The van der Waals surface area contributed by atoms with Crippen molar-refractivity contribution in [1.29, 1.82) is 0 Å². The van der Waals surface area contributed by atoms with Crippen molar-refractivity contribution in [2.24, 2.45) is 0 Å². The van der Waals surface area contributed by atoms with E-state index in [2.05, 4.69) is 0 Å². The van der Waals surface area contributed by atoms with Crippen LogP contribution in [0.25, 0.3) is 0 Å². The minimum Gasteiger partial charge on any atom is -0.490 e. The van der Waals surface area contributed by atoms with Crippen LogP contribution in [0.5, 0.6) is 5.75 Å². The fraction of sp³-hybridized carbons (Fsp3) is 0.400. The Balaban J connectivity index is 2.12. The first kappa shape index (κ1) is 19.4. The van der Waals surface area contributed by atoms with Crippen molar-refractivity contribution in [2.75, 3.05) is 13.4 Å². The maximum atomic E-state index is 13.4. The van der Waals surface area contributed by atoms with Crippen LogP contribution in [0.4, 0.5) is 0 Å². The summed E-state index contributed by atoms with van der Waals surface area (Å²) >= 11 is 0. The number of carbonyl (C=O) groups is 2. The first-order chi connectivity index (χ1) is 12.8. The molecule has 0 saturated carbocycles. The molecule has 2 unspecified atom stereocenters. The van der Waals surface area contributed by atoms with Crippen LogP contribution in [-0.4, -0.2) is 40.0 Å². The third-order valence-electron chi connectivity index (χ3n) is 4.60. The van der Waals surface area contributed by atoms with Crippen LogP contribution in [-0.2, 0) is 26.9 Å². The molecular weight excluding hydrogens is 366 g/mol. The predicted octanol–water partition coefficient (Wildman–Crippen LogP) is 2.90. The van der Waals surface area contributed by atoms with Crippen molar-refractivity contribution in [1.82, 2.24) is 4.57 Å². The Labute approximate surface area is 160 Å². The summed E-state index contributed by atoms with van der Waals surface area (Å²) in [6.45, 7) is 4.29. The molecule has 1 aromatic carbocycles. The lowest BCUT2D eigenvalue weighted by molar-refractivity contribution is -0.142. The topological polar surface area (TPSA) is 74.6 Å². The highest BCUT2D eigenvalue weighted by Gasteiger charge is 2.36. The monoisotopic (exact) mass is 389 g/mol. The molecule has 2 aromatic rings. The molecule has 0 spiro atoms.